The molecule has 0 aromatic heterocycles. The second kappa shape index (κ2) is 8.91. The predicted molar refractivity (Wildman–Crippen MR) is 78.0 cm³/mol. The van der Waals surface area contributed by atoms with Gasteiger partial charge in [-0.05, 0) is 24.5 Å². The van der Waals surface area contributed by atoms with Gasteiger partial charge in [0.2, 0.25) is 0 Å². The van der Waals surface area contributed by atoms with Crippen LogP contribution >= 0.6 is 0 Å². The summed E-state index contributed by atoms with van der Waals surface area (Å²) in [7, 11) is 0. The summed E-state index contributed by atoms with van der Waals surface area (Å²) in [6, 6.07) is 9.41. The molecule has 0 atom stereocenters. The predicted octanol–water partition coefficient (Wildman–Crippen LogP) is 3.43. The van der Waals surface area contributed by atoms with E-state index in [-0.39, 0.29) is 18.3 Å². The minimum Gasteiger partial charge on any atom is -0.444 e. The summed E-state index contributed by atoms with van der Waals surface area (Å²) < 4.78 is 5.01. The molecule has 4 nitrogen and oxygen atoms in total. The van der Waals surface area contributed by atoms with Crippen LogP contribution in [0.2, 0.25) is 0 Å². The first-order valence-corrected chi connectivity index (χ1v) is 6.85. The highest BCUT2D eigenvalue weighted by Gasteiger charge is 2.10. The molecule has 1 aromatic rings. The van der Waals surface area contributed by atoms with Gasteiger partial charge in [0.15, 0.2) is 5.78 Å². The van der Waals surface area contributed by atoms with Crippen LogP contribution in [0.4, 0.5) is 4.79 Å². The molecule has 0 radical (unpaired) electrons. The maximum Gasteiger partial charge on any atom is 0.411 e. The highest BCUT2D eigenvalue weighted by Crippen LogP contribution is 2.09. The molecule has 0 aliphatic carbocycles. The summed E-state index contributed by atoms with van der Waals surface area (Å²) in [5.74, 6) is 0.0479. The molecule has 0 aliphatic heterocycles. The fourth-order valence-electron chi connectivity index (χ4n) is 1.78. The monoisotopic (exact) mass is 275 g/mol. The second-order valence-electron chi connectivity index (χ2n) is 4.46. The molecule has 108 valence electrons. The topological polar surface area (TPSA) is 55.4 Å². The third kappa shape index (κ3) is 5.69. The molecule has 0 aliphatic rings. The van der Waals surface area contributed by atoms with Gasteiger partial charge in [0, 0.05) is 12.1 Å². The first kappa shape index (κ1) is 16.0. The lowest BCUT2D eigenvalue weighted by Gasteiger charge is -2.07. The Morgan fingerprint density at radius 3 is 2.45 bits per heavy atom. The zero-order valence-corrected chi connectivity index (χ0v) is 12.0. The minimum absolute atomic E-state index is 0.0217. The van der Waals surface area contributed by atoms with Gasteiger partial charge in [0.05, 0.1) is 0 Å². The van der Waals surface area contributed by atoms with Crippen LogP contribution in [0.1, 0.15) is 32.3 Å². The van der Waals surface area contributed by atoms with Crippen LogP contribution in [0, 0.1) is 5.92 Å². The van der Waals surface area contributed by atoms with Crippen LogP contribution < -0.4 is 5.32 Å². The third-order valence-corrected chi connectivity index (χ3v) is 3.05. The van der Waals surface area contributed by atoms with Gasteiger partial charge in [0.25, 0.3) is 0 Å². The summed E-state index contributed by atoms with van der Waals surface area (Å²) in [5, 5.41) is 2.42. The number of hydrogen-bond acceptors (Lipinski definition) is 3. The molecule has 1 aromatic carbocycles. The van der Waals surface area contributed by atoms with E-state index in [4.69, 9.17) is 4.74 Å². The van der Waals surface area contributed by atoms with E-state index in [1.54, 1.807) is 0 Å². The van der Waals surface area contributed by atoms with Crippen LogP contribution in [0.3, 0.4) is 0 Å². The lowest BCUT2D eigenvalue weighted by atomic mass is 9.98. The molecule has 0 heterocycles. The molecule has 0 fully saturated rings. The van der Waals surface area contributed by atoms with Crippen molar-refractivity contribution < 1.29 is 14.3 Å². The van der Waals surface area contributed by atoms with Gasteiger partial charge in [-0.1, -0.05) is 44.2 Å². The molecule has 1 N–H and O–H groups in total. The Labute approximate surface area is 119 Å². The van der Waals surface area contributed by atoms with E-state index in [9.17, 15) is 9.59 Å². The Balaban J connectivity index is 2.31. The number of amides is 1. The molecule has 0 saturated heterocycles. The number of allylic oxidation sites excluding steroid dienone is 1. The molecular formula is C16H21NO3. The van der Waals surface area contributed by atoms with Crippen molar-refractivity contribution in [2.75, 3.05) is 0 Å². The van der Waals surface area contributed by atoms with Gasteiger partial charge in [-0.2, -0.15) is 0 Å². The van der Waals surface area contributed by atoms with E-state index in [1.165, 1.54) is 12.3 Å². The average molecular weight is 275 g/mol. The molecule has 0 unspecified atom stereocenters. The zero-order chi connectivity index (χ0) is 14.8. The number of rotatable bonds is 7. The largest absolute Gasteiger partial charge is 0.444 e. The first-order valence-electron chi connectivity index (χ1n) is 6.85. The van der Waals surface area contributed by atoms with Gasteiger partial charge in [-0.15, -0.1) is 0 Å². The van der Waals surface area contributed by atoms with Crippen molar-refractivity contribution in [2.45, 2.75) is 33.3 Å². The zero-order valence-electron chi connectivity index (χ0n) is 12.0. The molecule has 0 saturated carbocycles. The Kier molecular flexibility index (Phi) is 7.11. The second-order valence-corrected chi connectivity index (χ2v) is 4.46. The average Bonchev–Trinajstić information content (AvgIpc) is 2.47. The molecule has 4 heteroatoms. The van der Waals surface area contributed by atoms with Crippen molar-refractivity contribution in [2.24, 2.45) is 5.92 Å². The van der Waals surface area contributed by atoms with E-state index in [1.807, 2.05) is 44.2 Å². The summed E-state index contributed by atoms with van der Waals surface area (Å²) >= 11 is 0. The third-order valence-electron chi connectivity index (χ3n) is 3.05. The number of benzene rings is 1. The van der Waals surface area contributed by atoms with E-state index in [0.717, 1.165) is 18.4 Å². The molecule has 20 heavy (non-hydrogen) atoms. The molecule has 0 spiro atoms. The maximum absolute atomic E-state index is 11.7. The van der Waals surface area contributed by atoms with E-state index in [0.29, 0.717) is 0 Å². The van der Waals surface area contributed by atoms with Crippen molar-refractivity contribution in [3.8, 4) is 0 Å². The maximum atomic E-state index is 11.7. The SMILES string of the molecule is CCC(CC)C(=O)/C=C\NC(=O)OCc1ccccc1. The Bertz CT molecular complexity index is 450. The lowest BCUT2D eigenvalue weighted by Crippen LogP contribution is -2.19. The number of carbonyl (C=O) groups is 2. The summed E-state index contributed by atoms with van der Waals surface area (Å²) in [6.07, 6.45) is 3.77. The number of nitrogens with one attached hydrogen (secondary N) is 1. The first-order chi connectivity index (χ1) is 9.67. The fourth-order valence-corrected chi connectivity index (χ4v) is 1.78. The highest BCUT2D eigenvalue weighted by atomic mass is 16.5. The highest BCUT2D eigenvalue weighted by molar-refractivity contribution is 5.91. The molecule has 1 rings (SSSR count). The van der Waals surface area contributed by atoms with Gasteiger partial charge in [0.1, 0.15) is 6.61 Å². The van der Waals surface area contributed by atoms with Crippen LogP contribution in [0.25, 0.3) is 0 Å². The van der Waals surface area contributed by atoms with Gasteiger partial charge in [-0.25, -0.2) is 4.79 Å². The van der Waals surface area contributed by atoms with Crippen LogP contribution in [-0.2, 0) is 16.1 Å². The number of carbonyl (C=O) groups excluding carboxylic acids is 2. The lowest BCUT2D eigenvalue weighted by molar-refractivity contribution is -0.118. The Morgan fingerprint density at radius 2 is 1.85 bits per heavy atom. The van der Waals surface area contributed by atoms with Crippen molar-refractivity contribution in [3.05, 3.63) is 48.2 Å². The summed E-state index contributed by atoms with van der Waals surface area (Å²) in [4.78, 5) is 23.1. The van der Waals surface area contributed by atoms with Crippen LogP contribution in [0.15, 0.2) is 42.6 Å². The summed E-state index contributed by atoms with van der Waals surface area (Å²) in [6.45, 7) is 4.16. The minimum atomic E-state index is -0.567. The molecular weight excluding hydrogens is 254 g/mol. The number of alkyl carbamates (subject to hydrolysis) is 1. The van der Waals surface area contributed by atoms with Crippen molar-refractivity contribution in [3.63, 3.8) is 0 Å². The van der Waals surface area contributed by atoms with Gasteiger partial charge >= 0.3 is 6.09 Å². The van der Waals surface area contributed by atoms with Crippen molar-refractivity contribution >= 4 is 11.9 Å². The van der Waals surface area contributed by atoms with Crippen LogP contribution in [0.5, 0.6) is 0 Å². The normalized spacial score (nSPS) is 10.8. The van der Waals surface area contributed by atoms with E-state index < -0.39 is 6.09 Å². The smallest absolute Gasteiger partial charge is 0.411 e. The molecule has 1 amide bonds. The van der Waals surface area contributed by atoms with Crippen LogP contribution in [-0.4, -0.2) is 11.9 Å². The van der Waals surface area contributed by atoms with Crippen molar-refractivity contribution in [1.29, 1.82) is 0 Å². The Hall–Kier alpha value is -2.10. The molecule has 0 bridgehead atoms. The fraction of sp³-hybridized carbons (Fsp3) is 0.375. The standard InChI is InChI=1S/C16H21NO3/c1-3-14(4-2)15(18)10-11-17-16(19)20-12-13-8-6-5-7-9-13/h5-11,14H,3-4,12H2,1-2H3,(H,17,19)/b11-10-. The number of ether oxygens (including phenoxy) is 1. The quantitative estimate of drug-likeness (QED) is 0.776. The van der Waals surface area contributed by atoms with Crippen molar-refractivity contribution in [1.82, 2.24) is 5.32 Å². The van der Waals surface area contributed by atoms with Gasteiger partial charge < -0.3 is 4.74 Å². The van der Waals surface area contributed by atoms with E-state index >= 15 is 0 Å². The number of ketones is 1. The Morgan fingerprint density at radius 1 is 1.20 bits per heavy atom. The number of hydrogen-bond donors (Lipinski definition) is 1. The van der Waals surface area contributed by atoms with E-state index in [2.05, 4.69) is 5.32 Å². The van der Waals surface area contributed by atoms with Gasteiger partial charge in [-0.3, -0.25) is 10.1 Å². The summed E-state index contributed by atoms with van der Waals surface area (Å²) in [5.41, 5.74) is 0.916.